The summed E-state index contributed by atoms with van der Waals surface area (Å²) in [5.41, 5.74) is 3.73. The number of aromatic nitrogens is 3. The third kappa shape index (κ3) is 3.26. The topological polar surface area (TPSA) is 51.0 Å². The van der Waals surface area contributed by atoms with Crippen LogP contribution < -0.4 is 4.90 Å². The molecule has 2 aromatic heterocycles. The molecule has 1 aromatic carbocycles. The zero-order chi connectivity index (χ0) is 18.1. The first kappa shape index (κ1) is 16.9. The van der Waals surface area contributed by atoms with E-state index in [1.54, 1.807) is 29.2 Å². The van der Waals surface area contributed by atoms with E-state index in [1.165, 1.54) is 12.1 Å². The Balaban J connectivity index is 1.59. The third-order valence-electron chi connectivity index (χ3n) is 4.55. The van der Waals surface area contributed by atoms with Gasteiger partial charge in [0, 0.05) is 41.1 Å². The Hall–Kier alpha value is -2.54. The lowest BCUT2D eigenvalue weighted by atomic mass is 9.97. The average molecular weight is 415 g/mol. The average Bonchev–Trinajstić information content (AvgIpc) is 3.11. The Bertz CT molecular complexity index is 941. The van der Waals surface area contributed by atoms with Crippen molar-refractivity contribution in [3.05, 3.63) is 76.0 Å². The minimum absolute atomic E-state index is 0.254. The fourth-order valence-corrected chi connectivity index (χ4v) is 3.63. The highest BCUT2D eigenvalue weighted by Gasteiger charge is 2.29. The first-order valence-corrected chi connectivity index (χ1v) is 9.06. The van der Waals surface area contributed by atoms with Crippen molar-refractivity contribution in [2.75, 3.05) is 11.4 Å². The van der Waals surface area contributed by atoms with Crippen LogP contribution in [0.5, 0.6) is 0 Å². The van der Waals surface area contributed by atoms with Crippen LogP contribution in [0.1, 0.15) is 22.9 Å². The Morgan fingerprint density at radius 1 is 1.27 bits per heavy atom. The zero-order valence-electron chi connectivity index (χ0n) is 13.8. The minimum Gasteiger partial charge on any atom is -0.355 e. The number of anilines is 1. The van der Waals surface area contributed by atoms with Crippen LogP contribution in [0.3, 0.4) is 0 Å². The van der Waals surface area contributed by atoms with Crippen molar-refractivity contribution in [1.29, 1.82) is 0 Å². The molecule has 3 heterocycles. The van der Waals surface area contributed by atoms with Crippen molar-refractivity contribution in [3.63, 3.8) is 0 Å². The summed E-state index contributed by atoms with van der Waals surface area (Å²) < 4.78 is 15.7. The van der Waals surface area contributed by atoms with Gasteiger partial charge in [-0.2, -0.15) is 5.10 Å². The molecule has 132 valence electrons. The van der Waals surface area contributed by atoms with Gasteiger partial charge in [0.05, 0.1) is 18.4 Å². The van der Waals surface area contributed by atoms with Gasteiger partial charge < -0.3 is 9.69 Å². The second kappa shape index (κ2) is 6.99. The molecule has 4 rings (SSSR count). The smallest absolute Gasteiger partial charge is 0.147 e. The van der Waals surface area contributed by atoms with Crippen LogP contribution in [0.25, 0.3) is 0 Å². The standard InChI is InChI=1S/C19H16BrFN4O/c20-14-7-17-18(22-8-14)5-6-25(19(17)12-26)16-9-23-24(11-16)10-13-1-3-15(21)4-2-13/h1-4,7-9,11-12,19H,5-6,10H2. The van der Waals surface area contributed by atoms with E-state index in [0.29, 0.717) is 13.1 Å². The Morgan fingerprint density at radius 3 is 2.85 bits per heavy atom. The summed E-state index contributed by atoms with van der Waals surface area (Å²) >= 11 is 3.43. The zero-order valence-corrected chi connectivity index (χ0v) is 15.4. The van der Waals surface area contributed by atoms with Gasteiger partial charge in [0.2, 0.25) is 0 Å². The van der Waals surface area contributed by atoms with E-state index in [-0.39, 0.29) is 11.9 Å². The molecule has 1 unspecified atom stereocenters. The van der Waals surface area contributed by atoms with E-state index in [1.807, 2.05) is 17.2 Å². The quantitative estimate of drug-likeness (QED) is 0.612. The van der Waals surface area contributed by atoms with Gasteiger partial charge >= 0.3 is 0 Å². The minimum atomic E-state index is -0.382. The van der Waals surface area contributed by atoms with E-state index >= 15 is 0 Å². The monoisotopic (exact) mass is 414 g/mol. The molecule has 1 aliphatic rings. The lowest BCUT2D eigenvalue weighted by Gasteiger charge is -2.34. The SMILES string of the molecule is O=CC1c2cc(Br)cnc2CCN1c1cnn(Cc2ccc(F)cc2)c1. The molecular formula is C19H16BrFN4O. The summed E-state index contributed by atoms with van der Waals surface area (Å²) in [5, 5.41) is 4.39. The normalized spacial score (nSPS) is 16.4. The number of halogens is 2. The van der Waals surface area contributed by atoms with Gasteiger partial charge in [-0.3, -0.25) is 9.67 Å². The molecule has 7 heteroatoms. The number of carbonyl (C=O) groups is 1. The molecular weight excluding hydrogens is 399 g/mol. The van der Waals surface area contributed by atoms with Crippen molar-refractivity contribution >= 4 is 27.9 Å². The fraction of sp³-hybridized carbons (Fsp3) is 0.211. The first-order valence-electron chi connectivity index (χ1n) is 8.27. The number of fused-ring (bicyclic) bond motifs is 1. The van der Waals surface area contributed by atoms with Crippen molar-refractivity contribution in [2.45, 2.75) is 19.0 Å². The predicted molar refractivity (Wildman–Crippen MR) is 99.5 cm³/mol. The van der Waals surface area contributed by atoms with Gasteiger partial charge in [-0.25, -0.2) is 4.39 Å². The van der Waals surface area contributed by atoms with Gasteiger partial charge in [-0.05, 0) is 39.7 Å². The van der Waals surface area contributed by atoms with Gasteiger partial charge in [0.1, 0.15) is 18.1 Å². The highest BCUT2D eigenvalue weighted by Crippen LogP contribution is 2.32. The van der Waals surface area contributed by atoms with E-state index < -0.39 is 0 Å². The van der Waals surface area contributed by atoms with Crippen molar-refractivity contribution in [2.24, 2.45) is 0 Å². The predicted octanol–water partition coefficient (Wildman–Crippen LogP) is 3.53. The van der Waals surface area contributed by atoms with E-state index in [4.69, 9.17) is 0 Å². The van der Waals surface area contributed by atoms with Crippen LogP contribution in [0.15, 0.2) is 53.4 Å². The van der Waals surface area contributed by atoms with Crippen LogP contribution >= 0.6 is 15.9 Å². The van der Waals surface area contributed by atoms with Crippen LogP contribution in [0, 0.1) is 5.82 Å². The third-order valence-corrected chi connectivity index (χ3v) is 4.99. The summed E-state index contributed by atoms with van der Waals surface area (Å²) in [4.78, 5) is 18.3. The maximum absolute atomic E-state index is 13.0. The van der Waals surface area contributed by atoms with Crippen molar-refractivity contribution in [3.8, 4) is 0 Å². The van der Waals surface area contributed by atoms with Crippen LogP contribution in [-0.2, 0) is 17.8 Å². The number of nitrogens with zero attached hydrogens (tertiary/aromatic N) is 4. The number of aldehydes is 1. The number of pyridine rings is 1. The molecule has 0 aliphatic carbocycles. The molecule has 1 aliphatic heterocycles. The van der Waals surface area contributed by atoms with E-state index in [0.717, 1.165) is 39.7 Å². The second-order valence-electron chi connectivity index (χ2n) is 6.24. The number of hydrogen-bond donors (Lipinski definition) is 0. The fourth-order valence-electron chi connectivity index (χ4n) is 3.28. The van der Waals surface area contributed by atoms with E-state index in [9.17, 15) is 9.18 Å². The highest BCUT2D eigenvalue weighted by atomic mass is 79.9. The lowest BCUT2D eigenvalue weighted by molar-refractivity contribution is -0.109. The van der Waals surface area contributed by atoms with Gasteiger partial charge in [0.15, 0.2) is 0 Å². The Labute approximate surface area is 158 Å². The molecule has 0 saturated heterocycles. The molecule has 0 saturated carbocycles. The molecule has 5 nitrogen and oxygen atoms in total. The molecule has 0 N–H and O–H groups in total. The Kier molecular flexibility index (Phi) is 4.55. The summed E-state index contributed by atoms with van der Waals surface area (Å²) in [6.45, 7) is 1.25. The van der Waals surface area contributed by atoms with E-state index in [2.05, 4.69) is 26.0 Å². The molecule has 3 aromatic rings. The highest BCUT2D eigenvalue weighted by molar-refractivity contribution is 9.10. The van der Waals surface area contributed by atoms with Gasteiger partial charge in [-0.1, -0.05) is 12.1 Å². The number of carbonyl (C=O) groups excluding carboxylic acids is 1. The second-order valence-corrected chi connectivity index (χ2v) is 7.15. The van der Waals surface area contributed by atoms with Crippen LogP contribution in [-0.4, -0.2) is 27.6 Å². The van der Waals surface area contributed by atoms with Crippen LogP contribution in [0.4, 0.5) is 10.1 Å². The molecule has 0 amide bonds. The first-order chi connectivity index (χ1) is 12.6. The number of rotatable bonds is 4. The van der Waals surface area contributed by atoms with Crippen LogP contribution in [0.2, 0.25) is 0 Å². The maximum atomic E-state index is 13.0. The largest absolute Gasteiger partial charge is 0.355 e. The molecule has 0 radical (unpaired) electrons. The molecule has 0 spiro atoms. The summed E-state index contributed by atoms with van der Waals surface area (Å²) in [5.74, 6) is -0.254. The summed E-state index contributed by atoms with van der Waals surface area (Å²) in [6.07, 6.45) is 7.16. The molecule has 0 fully saturated rings. The summed E-state index contributed by atoms with van der Waals surface area (Å²) in [6, 6.07) is 7.93. The van der Waals surface area contributed by atoms with Crippen molar-refractivity contribution < 1.29 is 9.18 Å². The Morgan fingerprint density at radius 2 is 2.08 bits per heavy atom. The molecule has 26 heavy (non-hydrogen) atoms. The maximum Gasteiger partial charge on any atom is 0.147 e. The lowest BCUT2D eigenvalue weighted by Crippen LogP contribution is -2.36. The number of hydrogen-bond acceptors (Lipinski definition) is 4. The van der Waals surface area contributed by atoms with Gasteiger partial charge in [0.25, 0.3) is 0 Å². The van der Waals surface area contributed by atoms with Gasteiger partial charge in [-0.15, -0.1) is 0 Å². The summed E-state index contributed by atoms with van der Waals surface area (Å²) in [7, 11) is 0. The van der Waals surface area contributed by atoms with Crippen molar-refractivity contribution in [1.82, 2.24) is 14.8 Å². The molecule has 0 bridgehead atoms. The molecule has 1 atom stereocenters. The number of benzene rings is 1.